The normalized spacial score (nSPS) is 12.9. The fourth-order valence-electron chi connectivity index (χ4n) is 17.1. The highest BCUT2D eigenvalue weighted by Gasteiger charge is 2.48. The number of rotatable bonds is 105. The van der Waals surface area contributed by atoms with Crippen LogP contribution >= 0.6 is 0 Å². The van der Waals surface area contributed by atoms with Crippen molar-refractivity contribution in [1.29, 1.82) is 0 Å². The molecule has 0 fully saturated rings. The third kappa shape index (κ3) is 70.2. The summed E-state index contributed by atoms with van der Waals surface area (Å²) in [6.45, 7) is 74.6. The van der Waals surface area contributed by atoms with Gasteiger partial charge in [0.1, 0.15) is 0 Å². The summed E-state index contributed by atoms with van der Waals surface area (Å²) < 4.78 is 191. The third-order valence-electron chi connectivity index (χ3n) is 23.5. The first kappa shape index (κ1) is 156. The van der Waals surface area contributed by atoms with Gasteiger partial charge in [-0.2, -0.15) is 0 Å². The first-order chi connectivity index (χ1) is 70.8. The first-order valence-electron chi connectivity index (χ1n) is 55.0. The molecule has 0 aromatic heterocycles. The van der Waals surface area contributed by atoms with Crippen LogP contribution in [0.25, 0.3) is 0 Å². The largest absolute Gasteiger partial charge is 0.500 e. The van der Waals surface area contributed by atoms with E-state index in [-0.39, 0.29) is 0 Å². The zero-order valence-corrected chi connectivity index (χ0v) is 111. The molecular formula is C96H227N7O33Si11. The summed E-state index contributed by atoms with van der Waals surface area (Å²) in [5.41, 5.74) is 11.6. The summed E-state index contributed by atoms with van der Waals surface area (Å²) in [7, 11) is -6.94. The Labute approximate surface area is 910 Å². The van der Waals surface area contributed by atoms with E-state index < -0.39 is 96.8 Å². The highest BCUT2D eigenvalue weighted by Crippen LogP contribution is 2.29. The van der Waals surface area contributed by atoms with Gasteiger partial charge in [-0.05, 0) is 281 Å². The van der Waals surface area contributed by atoms with E-state index in [0.717, 1.165) is 235 Å². The third-order valence-corrected chi connectivity index (χ3v) is 56.8. The van der Waals surface area contributed by atoms with Gasteiger partial charge in [0.15, 0.2) is 0 Å². The molecule has 51 heteroatoms. The molecule has 0 atom stereocenters. The van der Waals surface area contributed by atoms with Crippen molar-refractivity contribution >= 4 is 96.8 Å². The van der Waals surface area contributed by atoms with Crippen molar-refractivity contribution in [3.63, 3.8) is 0 Å². The zero-order chi connectivity index (χ0) is 112. The van der Waals surface area contributed by atoms with Crippen LogP contribution in [0.5, 0.6) is 0 Å². The lowest BCUT2D eigenvalue weighted by Crippen LogP contribution is -2.47. The second-order valence-corrected chi connectivity index (χ2v) is 64.9. The Balaban J connectivity index is -0.000000579. The molecule has 147 heavy (non-hydrogen) atoms. The van der Waals surface area contributed by atoms with Crippen LogP contribution in [-0.2, 0) is 146 Å². The molecule has 0 aliphatic carbocycles. The Morgan fingerprint density at radius 2 is 0.259 bits per heavy atom. The molecule has 0 amide bonds. The Kier molecular flexibility index (Phi) is 106. The topological polar surface area (TPSA) is 373 Å². The van der Waals surface area contributed by atoms with Crippen molar-refractivity contribution < 1.29 is 146 Å². The van der Waals surface area contributed by atoms with Crippen LogP contribution in [0.4, 0.5) is 0 Å². The number of hydrogen-bond acceptors (Lipinski definition) is 40. The highest BCUT2D eigenvalue weighted by atomic mass is 28.4. The summed E-state index contributed by atoms with van der Waals surface area (Å²) in [6.07, 6.45) is 14.3. The minimum atomic E-state index is -2.68. The molecule has 0 saturated heterocycles. The van der Waals surface area contributed by atoms with Crippen molar-refractivity contribution in [2.75, 3.05) is 336 Å². The Bertz CT molecular complexity index is 2540. The monoisotopic (exact) mass is 2310 g/mol. The van der Waals surface area contributed by atoms with E-state index in [4.69, 9.17) is 158 Å². The zero-order valence-electron chi connectivity index (χ0n) is 99.7. The minimum Gasteiger partial charge on any atom is -0.377 e. The smallest absolute Gasteiger partial charge is 0.377 e. The van der Waals surface area contributed by atoms with E-state index in [0.29, 0.717) is 145 Å². The van der Waals surface area contributed by atoms with Crippen LogP contribution in [0.1, 0.15) is 209 Å². The molecule has 0 aliphatic heterocycles. The maximum Gasteiger partial charge on any atom is 0.500 e. The molecule has 0 bridgehead atoms. The summed E-state index contributed by atoms with van der Waals surface area (Å²) >= 11 is 0. The molecule has 888 valence electrons. The van der Waals surface area contributed by atoms with Gasteiger partial charge in [-0.3, -0.25) is 9.80 Å². The molecule has 0 rings (SSSR count). The van der Waals surface area contributed by atoms with Gasteiger partial charge < -0.3 is 172 Å². The van der Waals surface area contributed by atoms with Crippen molar-refractivity contribution in [3.05, 3.63) is 25.3 Å². The summed E-state index contributed by atoms with van der Waals surface area (Å²) in [6, 6.07) is 8.80. The lowest BCUT2D eigenvalue weighted by molar-refractivity contribution is 0.0670. The Hall–Kier alpha value is 0.266. The maximum absolute atomic E-state index is 6.09. The lowest BCUT2D eigenvalue weighted by Gasteiger charge is -2.32. The highest BCUT2D eigenvalue weighted by molar-refractivity contribution is 6.64. The van der Waals surface area contributed by atoms with E-state index in [2.05, 4.69) is 37.7 Å². The number of nitrogens with two attached hydrogens (primary N) is 2. The van der Waals surface area contributed by atoms with Crippen LogP contribution in [0.3, 0.4) is 0 Å². The van der Waals surface area contributed by atoms with Crippen LogP contribution in [-0.4, -0.2) is 457 Å². The minimum absolute atomic E-state index is 0.591. The quantitative estimate of drug-likeness (QED) is 0.0422. The molecule has 40 nitrogen and oxygen atoms in total. The standard InChI is InChI=1S/C27H63NO9Si3.C21H47NO6Si2.C19H46N2O6Si2.C15H35NO6Si2.C14H36N2O6Si2/c1-10-29-38(30-11-2,31-12-3)25-19-22-28(23-20-26-39(32-13-4,33-14-5)34-15-6)24-21-27-40(35-16-7,36-17-8)37-18-9;1-8-17-22(18-15-20-29(23-9-2,24-10-3)25-11-4)19-16-21-30(26-12-5,27-13-6)28-14-7;1-7-23-28(22-6,24-8-2)18-12-15-21(17-14-20)16-13-19-29(25-9-3,26-10-4)27-11-5;1-8-11-16(12-9-14-23(17-2,18-3)19-4)13-10-15-24(20-5,21-6)22-7;1-17-23(18-2,19-3)13-7-10-16(12-9-15)11-8-14-24(20-4,21-5)22-6/h10-27H2,1-9H3;8H,1,9-21H2,2-7H3;7-20H2,1-6H3;8H,1,9-15H2,2-7H3;7-15H2,1-6H3. The fraction of sp³-hybridized carbons (Fsp3) is 0.958. The van der Waals surface area contributed by atoms with Crippen molar-refractivity contribution in [3.8, 4) is 0 Å². The van der Waals surface area contributed by atoms with Gasteiger partial charge >= 0.3 is 96.8 Å². The second kappa shape index (κ2) is 100. The first-order valence-corrected chi connectivity index (χ1v) is 76.3. The van der Waals surface area contributed by atoms with Crippen LogP contribution in [0.2, 0.25) is 66.5 Å². The molecule has 4 N–H and O–H groups in total. The molecule has 0 radical (unpaired) electrons. The molecule has 0 aromatic rings. The molecule has 0 aliphatic rings. The van der Waals surface area contributed by atoms with Crippen molar-refractivity contribution in [1.82, 2.24) is 24.5 Å². The van der Waals surface area contributed by atoms with Gasteiger partial charge in [0.2, 0.25) is 0 Å². The SMILES string of the molecule is C=CCN(CCC[Si](OC)(OC)OC)CCC[Si](OC)(OC)OC.C=CCN(CCC[Si](OCC)(OCC)OCC)CCC[Si](OCC)(OCC)OCC.CCO[Si](CCCN(CCC[Si](OCC)(OCC)OCC)CCC[Si](OCC)(OCC)OCC)(OCC)OCC.CCO[Si](CCCN(CCN)CCC[Si](OCC)(OCC)OCC)(OC)OCC.CO[Si](CCCN(CCN)CCC[Si](OC)(OC)OC)(OC)OC. The predicted octanol–water partition coefficient (Wildman–Crippen LogP) is 15.5. The summed E-state index contributed by atoms with van der Waals surface area (Å²) in [4.78, 5) is 12.0. The van der Waals surface area contributed by atoms with Gasteiger partial charge in [-0.15, -0.1) is 13.2 Å². The van der Waals surface area contributed by atoms with Crippen LogP contribution in [0.15, 0.2) is 25.3 Å². The molecule has 0 heterocycles. The lowest BCUT2D eigenvalue weighted by atomic mass is 10.3. The van der Waals surface area contributed by atoms with Crippen molar-refractivity contribution in [2.45, 2.75) is 276 Å². The van der Waals surface area contributed by atoms with Gasteiger partial charge in [-0.1, -0.05) is 12.2 Å². The van der Waals surface area contributed by atoms with Crippen molar-refractivity contribution in [2.24, 2.45) is 11.5 Å². The van der Waals surface area contributed by atoms with Gasteiger partial charge in [0.25, 0.3) is 0 Å². The Morgan fingerprint density at radius 3 is 0.367 bits per heavy atom. The molecule has 0 saturated carbocycles. The summed E-state index contributed by atoms with van der Waals surface area (Å²) in [5.74, 6) is 0. The second-order valence-electron chi connectivity index (χ2n) is 33.2. The van der Waals surface area contributed by atoms with E-state index in [9.17, 15) is 0 Å². The molecular weight excluding hydrogens is 2090 g/mol. The van der Waals surface area contributed by atoms with Gasteiger partial charge in [-0.25, -0.2) is 0 Å². The van der Waals surface area contributed by atoms with Crippen LogP contribution in [0, 0.1) is 0 Å². The van der Waals surface area contributed by atoms with E-state index in [1.807, 2.05) is 151 Å². The van der Waals surface area contributed by atoms with Gasteiger partial charge in [0, 0.05) is 330 Å². The Morgan fingerprint density at radius 1 is 0.156 bits per heavy atom. The number of hydrogen-bond donors (Lipinski definition) is 2. The summed E-state index contributed by atoms with van der Waals surface area (Å²) in [5, 5.41) is 0. The maximum atomic E-state index is 6.09. The molecule has 0 unspecified atom stereocenters. The molecule has 0 aromatic carbocycles. The predicted molar refractivity (Wildman–Crippen MR) is 611 cm³/mol. The average molecular weight is 2320 g/mol. The van der Waals surface area contributed by atoms with Crippen LogP contribution < -0.4 is 11.5 Å². The molecule has 0 spiro atoms. The number of nitrogens with zero attached hydrogens (tertiary/aromatic N) is 5. The van der Waals surface area contributed by atoms with Gasteiger partial charge in [0.05, 0.1) is 0 Å². The average Bonchev–Trinajstić information content (AvgIpc) is 0.861. The van der Waals surface area contributed by atoms with E-state index in [1.165, 1.54) is 0 Å². The van der Waals surface area contributed by atoms with E-state index >= 15 is 0 Å². The fourth-order valence-corrected chi connectivity index (χ4v) is 41.8. The van der Waals surface area contributed by atoms with E-state index in [1.54, 1.807) is 92.4 Å².